The number of guanidine groups is 1. The third-order valence-corrected chi connectivity index (χ3v) is 4.32. The summed E-state index contributed by atoms with van der Waals surface area (Å²) >= 11 is 0. The number of hydrogen-bond acceptors (Lipinski definition) is 4. The van der Waals surface area contributed by atoms with Crippen molar-refractivity contribution in [3.05, 3.63) is 58.9 Å². The van der Waals surface area contributed by atoms with Gasteiger partial charge in [-0.15, -0.1) is 24.0 Å². The van der Waals surface area contributed by atoms with Gasteiger partial charge in [0.1, 0.15) is 17.3 Å². The van der Waals surface area contributed by atoms with Crippen molar-refractivity contribution >= 4 is 29.9 Å². The van der Waals surface area contributed by atoms with E-state index in [1.54, 1.807) is 14.2 Å². The lowest BCUT2D eigenvalue weighted by molar-refractivity contribution is -0.0173. The number of benzene rings is 2. The Labute approximate surface area is 181 Å². The summed E-state index contributed by atoms with van der Waals surface area (Å²) in [5.74, 6) is 1.89. The minimum atomic E-state index is -0.306. The van der Waals surface area contributed by atoms with E-state index in [2.05, 4.69) is 10.3 Å². The van der Waals surface area contributed by atoms with Gasteiger partial charge in [0.15, 0.2) is 12.8 Å². The second-order valence-electron chi connectivity index (χ2n) is 6.27. The monoisotopic (exact) mass is 501 g/mol. The second kappa shape index (κ2) is 10.5. The number of aliphatic imine (C=N–C) groups is 1. The SMILES string of the molecule is CN=C(NCc1cc(F)cc2c1OCOC2)N(C)Cc1cccc(OC)c1.I. The summed E-state index contributed by atoms with van der Waals surface area (Å²) in [6.07, 6.45) is 0. The molecule has 0 radical (unpaired) electrons. The molecule has 0 bridgehead atoms. The van der Waals surface area contributed by atoms with E-state index in [1.165, 1.54) is 12.1 Å². The molecule has 1 aliphatic rings. The quantitative estimate of drug-likeness (QED) is 0.386. The molecule has 2 aromatic carbocycles. The van der Waals surface area contributed by atoms with Crippen LogP contribution in [0.5, 0.6) is 11.5 Å². The standard InChI is InChI=1S/C20H24FN3O3.HI/c1-22-20(24(2)11-14-5-4-6-18(7-14)25-3)23-10-15-8-17(21)9-16-12-26-13-27-19(15)16;/h4-9H,10-13H2,1-3H3,(H,22,23);1H. The van der Waals surface area contributed by atoms with Crippen LogP contribution in [0.4, 0.5) is 4.39 Å². The first-order valence-electron chi connectivity index (χ1n) is 8.67. The van der Waals surface area contributed by atoms with Crippen molar-refractivity contribution in [1.82, 2.24) is 10.2 Å². The van der Waals surface area contributed by atoms with Gasteiger partial charge in [0, 0.05) is 38.3 Å². The van der Waals surface area contributed by atoms with Gasteiger partial charge < -0.3 is 24.4 Å². The number of ether oxygens (including phenoxy) is 3. The van der Waals surface area contributed by atoms with Gasteiger partial charge in [-0.25, -0.2) is 4.39 Å². The molecule has 1 aliphatic heterocycles. The molecule has 0 unspecified atom stereocenters. The Hall–Kier alpha value is -2.07. The first-order chi connectivity index (χ1) is 13.1. The molecule has 0 saturated carbocycles. The van der Waals surface area contributed by atoms with Crippen LogP contribution in [-0.4, -0.2) is 38.9 Å². The number of nitrogens with one attached hydrogen (secondary N) is 1. The van der Waals surface area contributed by atoms with Crippen LogP contribution >= 0.6 is 24.0 Å². The van der Waals surface area contributed by atoms with E-state index in [9.17, 15) is 4.39 Å². The summed E-state index contributed by atoms with van der Waals surface area (Å²) in [4.78, 5) is 6.31. The Kier molecular flexibility index (Phi) is 8.31. The van der Waals surface area contributed by atoms with Crippen molar-refractivity contribution in [3.8, 4) is 11.5 Å². The Morgan fingerprint density at radius 2 is 2.14 bits per heavy atom. The predicted molar refractivity (Wildman–Crippen MR) is 117 cm³/mol. The first-order valence-corrected chi connectivity index (χ1v) is 8.67. The van der Waals surface area contributed by atoms with E-state index in [0.29, 0.717) is 31.4 Å². The van der Waals surface area contributed by atoms with Crippen LogP contribution in [0.25, 0.3) is 0 Å². The molecule has 1 N–H and O–H groups in total. The minimum Gasteiger partial charge on any atom is -0.497 e. The number of fused-ring (bicyclic) bond motifs is 1. The predicted octanol–water partition coefficient (Wildman–Crippen LogP) is 3.53. The molecule has 0 aliphatic carbocycles. The van der Waals surface area contributed by atoms with Gasteiger partial charge in [-0.1, -0.05) is 12.1 Å². The summed E-state index contributed by atoms with van der Waals surface area (Å²) in [6, 6.07) is 10.8. The summed E-state index contributed by atoms with van der Waals surface area (Å²) in [5.41, 5.74) is 2.56. The van der Waals surface area contributed by atoms with E-state index < -0.39 is 0 Å². The molecule has 152 valence electrons. The third kappa shape index (κ3) is 5.48. The smallest absolute Gasteiger partial charge is 0.193 e. The molecule has 0 spiro atoms. The van der Waals surface area contributed by atoms with Crippen molar-refractivity contribution in [3.63, 3.8) is 0 Å². The Morgan fingerprint density at radius 1 is 1.32 bits per heavy atom. The summed E-state index contributed by atoms with van der Waals surface area (Å²) in [5, 5.41) is 3.27. The van der Waals surface area contributed by atoms with E-state index >= 15 is 0 Å². The van der Waals surface area contributed by atoms with Crippen LogP contribution in [0.15, 0.2) is 41.4 Å². The zero-order chi connectivity index (χ0) is 19.2. The molecule has 0 saturated heterocycles. The van der Waals surface area contributed by atoms with Crippen molar-refractivity contribution in [2.75, 3.05) is 28.0 Å². The number of hydrogen-bond donors (Lipinski definition) is 1. The number of nitrogens with zero attached hydrogens (tertiary/aromatic N) is 2. The van der Waals surface area contributed by atoms with Crippen molar-refractivity contribution in [1.29, 1.82) is 0 Å². The lowest BCUT2D eigenvalue weighted by Crippen LogP contribution is -2.38. The van der Waals surface area contributed by atoms with E-state index in [1.807, 2.05) is 36.2 Å². The third-order valence-electron chi connectivity index (χ3n) is 4.32. The van der Waals surface area contributed by atoms with Crippen LogP contribution in [0.1, 0.15) is 16.7 Å². The molecule has 3 rings (SSSR count). The molecule has 0 amide bonds. The zero-order valence-corrected chi connectivity index (χ0v) is 18.5. The molecule has 2 aromatic rings. The molecular weight excluding hydrogens is 476 g/mol. The fourth-order valence-corrected chi connectivity index (χ4v) is 3.07. The molecule has 0 fully saturated rings. The van der Waals surface area contributed by atoms with Crippen molar-refractivity contribution in [2.24, 2.45) is 4.99 Å². The van der Waals surface area contributed by atoms with E-state index in [4.69, 9.17) is 14.2 Å². The first kappa shape index (κ1) is 22.2. The van der Waals surface area contributed by atoms with Gasteiger partial charge in [-0.3, -0.25) is 4.99 Å². The molecule has 0 atom stereocenters. The summed E-state index contributed by atoms with van der Waals surface area (Å²) in [7, 11) is 5.31. The Morgan fingerprint density at radius 3 is 2.89 bits per heavy atom. The highest BCUT2D eigenvalue weighted by Crippen LogP contribution is 2.29. The maximum atomic E-state index is 13.9. The van der Waals surface area contributed by atoms with Crippen molar-refractivity contribution in [2.45, 2.75) is 19.7 Å². The maximum Gasteiger partial charge on any atom is 0.193 e. The van der Waals surface area contributed by atoms with E-state index in [-0.39, 0.29) is 36.6 Å². The number of methoxy groups -OCH3 is 1. The van der Waals surface area contributed by atoms with Gasteiger partial charge in [0.05, 0.1) is 13.7 Å². The second-order valence-corrected chi connectivity index (χ2v) is 6.27. The van der Waals surface area contributed by atoms with Crippen LogP contribution in [0, 0.1) is 5.82 Å². The minimum absolute atomic E-state index is 0. The topological polar surface area (TPSA) is 55.3 Å². The average Bonchev–Trinajstić information content (AvgIpc) is 2.68. The summed E-state index contributed by atoms with van der Waals surface area (Å²) < 4.78 is 29.9. The number of rotatable bonds is 5. The lowest BCUT2D eigenvalue weighted by Gasteiger charge is -2.24. The maximum absolute atomic E-state index is 13.9. The Bertz CT molecular complexity index is 832. The number of halogens is 2. The molecule has 1 heterocycles. The highest BCUT2D eigenvalue weighted by molar-refractivity contribution is 14.0. The van der Waals surface area contributed by atoms with Gasteiger partial charge in [-0.05, 0) is 29.8 Å². The molecule has 8 heteroatoms. The molecule has 6 nitrogen and oxygen atoms in total. The zero-order valence-electron chi connectivity index (χ0n) is 16.2. The highest BCUT2D eigenvalue weighted by Gasteiger charge is 2.17. The fraction of sp³-hybridized carbons (Fsp3) is 0.350. The van der Waals surface area contributed by atoms with Gasteiger partial charge in [0.25, 0.3) is 0 Å². The fourth-order valence-electron chi connectivity index (χ4n) is 3.07. The highest BCUT2D eigenvalue weighted by atomic mass is 127. The van der Waals surface area contributed by atoms with Gasteiger partial charge in [0.2, 0.25) is 0 Å². The van der Waals surface area contributed by atoms with Crippen molar-refractivity contribution < 1.29 is 18.6 Å². The van der Waals surface area contributed by atoms with Crippen LogP contribution in [-0.2, 0) is 24.4 Å². The molecule has 0 aromatic heterocycles. The van der Waals surface area contributed by atoms with Crippen LogP contribution < -0.4 is 14.8 Å². The molecule has 28 heavy (non-hydrogen) atoms. The average molecular weight is 501 g/mol. The van der Waals surface area contributed by atoms with Gasteiger partial charge >= 0.3 is 0 Å². The Balaban J connectivity index is 0.00000280. The van der Waals surface area contributed by atoms with Crippen LogP contribution in [0.3, 0.4) is 0 Å². The van der Waals surface area contributed by atoms with Crippen LogP contribution in [0.2, 0.25) is 0 Å². The van der Waals surface area contributed by atoms with E-state index in [0.717, 1.165) is 22.4 Å². The normalized spacial score (nSPS) is 13.1. The summed E-state index contributed by atoms with van der Waals surface area (Å²) in [6.45, 7) is 1.58. The lowest BCUT2D eigenvalue weighted by atomic mass is 10.1. The largest absolute Gasteiger partial charge is 0.497 e. The molecular formula is C20H25FIN3O3. The van der Waals surface area contributed by atoms with Gasteiger partial charge in [-0.2, -0.15) is 0 Å².